The van der Waals surface area contributed by atoms with Crippen LogP contribution in [0.25, 0.3) is 11.0 Å². The van der Waals surface area contributed by atoms with Gasteiger partial charge in [-0.1, -0.05) is 42.5 Å². The molecule has 0 bridgehead atoms. The lowest BCUT2D eigenvalue weighted by Gasteiger charge is -2.07. The highest BCUT2D eigenvalue weighted by atomic mass is 16.5. The number of ether oxygens (including phenoxy) is 1. The van der Waals surface area contributed by atoms with Crippen LogP contribution in [0.5, 0.6) is 11.5 Å². The van der Waals surface area contributed by atoms with Crippen molar-refractivity contribution >= 4 is 16.9 Å². The quantitative estimate of drug-likeness (QED) is 0.484. The molecule has 1 amide bonds. The lowest BCUT2D eigenvalue weighted by molar-refractivity contribution is 0.0924. The monoisotopic (exact) mass is 371 g/mol. The van der Waals surface area contributed by atoms with Crippen molar-refractivity contribution in [1.82, 2.24) is 5.32 Å². The third kappa shape index (κ3) is 3.76. The summed E-state index contributed by atoms with van der Waals surface area (Å²) in [5.41, 5.74) is 3.69. The summed E-state index contributed by atoms with van der Waals surface area (Å²) in [6.45, 7) is 4.33. The molecule has 4 heteroatoms. The van der Waals surface area contributed by atoms with Gasteiger partial charge in [-0.3, -0.25) is 4.79 Å². The molecule has 1 N–H and O–H groups in total. The summed E-state index contributed by atoms with van der Waals surface area (Å²) in [5.74, 6) is 1.70. The average molecular weight is 371 g/mol. The number of carbonyl (C=O) groups is 1. The molecule has 0 spiro atoms. The standard InChI is InChI=1S/C24H21NO3/c1-16-8-13-21-17(2)23(28-22(21)14-16)24(26)25-15-18-9-11-20(12-10-18)27-19-6-4-3-5-7-19/h3-14H,15H2,1-2H3,(H,25,26). The molecule has 4 nitrogen and oxygen atoms in total. The molecule has 0 aliphatic rings. The predicted octanol–water partition coefficient (Wildman–Crippen LogP) is 5.77. The zero-order valence-electron chi connectivity index (χ0n) is 15.9. The van der Waals surface area contributed by atoms with Crippen LogP contribution in [0, 0.1) is 13.8 Å². The van der Waals surface area contributed by atoms with Gasteiger partial charge >= 0.3 is 0 Å². The van der Waals surface area contributed by atoms with E-state index in [0.29, 0.717) is 12.3 Å². The van der Waals surface area contributed by atoms with Crippen LogP contribution in [0.3, 0.4) is 0 Å². The highest BCUT2D eigenvalue weighted by Gasteiger charge is 2.17. The second-order valence-electron chi connectivity index (χ2n) is 6.80. The largest absolute Gasteiger partial charge is 0.457 e. The van der Waals surface area contributed by atoms with E-state index in [-0.39, 0.29) is 5.91 Å². The van der Waals surface area contributed by atoms with Gasteiger partial charge in [-0.25, -0.2) is 0 Å². The zero-order chi connectivity index (χ0) is 19.5. The zero-order valence-corrected chi connectivity index (χ0v) is 15.9. The SMILES string of the molecule is Cc1ccc2c(C)c(C(=O)NCc3ccc(Oc4ccccc4)cc3)oc2c1. The maximum atomic E-state index is 12.6. The Balaban J connectivity index is 1.41. The van der Waals surface area contributed by atoms with Crippen molar-refractivity contribution in [3.8, 4) is 11.5 Å². The second kappa shape index (κ2) is 7.61. The molecule has 4 aromatic rings. The van der Waals surface area contributed by atoms with E-state index in [0.717, 1.165) is 39.2 Å². The van der Waals surface area contributed by atoms with Crippen LogP contribution < -0.4 is 10.1 Å². The Hall–Kier alpha value is -3.53. The van der Waals surface area contributed by atoms with E-state index in [1.807, 2.05) is 86.6 Å². The molecular weight excluding hydrogens is 350 g/mol. The van der Waals surface area contributed by atoms with E-state index in [4.69, 9.17) is 9.15 Å². The van der Waals surface area contributed by atoms with Crippen LogP contribution in [0.4, 0.5) is 0 Å². The molecule has 4 rings (SSSR count). The van der Waals surface area contributed by atoms with Gasteiger partial charge < -0.3 is 14.5 Å². The highest BCUT2D eigenvalue weighted by molar-refractivity contribution is 5.99. The van der Waals surface area contributed by atoms with Crippen molar-refractivity contribution < 1.29 is 13.9 Å². The van der Waals surface area contributed by atoms with Crippen LogP contribution in [0.2, 0.25) is 0 Å². The molecule has 28 heavy (non-hydrogen) atoms. The topological polar surface area (TPSA) is 51.5 Å². The number of benzene rings is 3. The molecule has 0 aliphatic heterocycles. The molecular formula is C24H21NO3. The van der Waals surface area contributed by atoms with Gasteiger partial charge in [0.1, 0.15) is 17.1 Å². The van der Waals surface area contributed by atoms with Crippen molar-refractivity contribution in [3.63, 3.8) is 0 Å². The lowest BCUT2D eigenvalue weighted by Crippen LogP contribution is -2.22. The number of furan rings is 1. The minimum atomic E-state index is -0.212. The Labute approximate surface area is 163 Å². The van der Waals surface area contributed by atoms with Gasteiger partial charge in [-0.2, -0.15) is 0 Å². The molecule has 0 radical (unpaired) electrons. The van der Waals surface area contributed by atoms with E-state index in [1.165, 1.54) is 0 Å². The maximum Gasteiger partial charge on any atom is 0.287 e. The number of fused-ring (bicyclic) bond motifs is 1. The van der Waals surface area contributed by atoms with Crippen molar-refractivity contribution in [2.75, 3.05) is 0 Å². The number of carbonyl (C=O) groups excluding carboxylic acids is 1. The fourth-order valence-electron chi connectivity index (χ4n) is 3.11. The Morgan fingerprint density at radius 2 is 1.64 bits per heavy atom. The molecule has 0 saturated heterocycles. The Morgan fingerprint density at radius 1 is 0.929 bits per heavy atom. The van der Waals surface area contributed by atoms with Crippen LogP contribution in [0.15, 0.2) is 77.2 Å². The first kappa shape index (κ1) is 17.9. The van der Waals surface area contributed by atoms with Crippen molar-refractivity contribution in [1.29, 1.82) is 0 Å². The lowest BCUT2D eigenvalue weighted by atomic mass is 10.1. The van der Waals surface area contributed by atoms with E-state index in [2.05, 4.69) is 5.32 Å². The predicted molar refractivity (Wildman–Crippen MR) is 110 cm³/mol. The molecule has 0 atom stereocenters. The van der Waals surface area contributed by atoms with Crippen molar-refractivity contribution in [2.45, 2.75) is 20.4 Å². The van der Waals surface area contributed by atoms with Crippen LogP contribution in [0.1, 0.15) is 27.2 Å². The summed E-state index contributed by atoms with van der Waals surface area (Å²) < 4.78 is 11.6. The number of nitrogens with one attached hydrogen (secondary N) is 1. The number of aryl methyl sites for hydroxylation is 2. The summed E-state index contributed by atoms with van der Waals surface area (Å²) >= 11 is 0. The average Bonchev–Trinajstić information content (AvgIpc) is 3.04. The molecule has 0 aliphatic carbocycles. The van der Waals surface area contributed by atoms with Gasteiger partial charge in [0.15, 0.2) is 5.76 Å². The molecule has 0 unspecified atom stereocenters. The number of hydrogen-bond acceptors (Lipinski definition) is 3. The third-order valence-corrected chi connectivity index (χ3v) is 4.66. The minimum absolute atomic E-state index is 0.212. The van der Waals surface area contributed by atoms with Gasteiger partial charge in [-0.05, 0) is 55.3 Å². The molecule has 0 saturated carbocycles. The van der Waals surface area contributed by atoms with Gasteiger partial charge in [0.05, 0.1) is 0 Å². The maximum absolute atomic E-state index is 12.6. The van der Waals surface area contributed by atoms with Gasteiger partial charge in [0.2, 0.25) is 0 Å². The third-order valence-electron chi connectivity index (χ3n) is 4.66. The summed E-state index contributed by atoms with van der Waals surface area (Å²) in [6.07, 6.45) is 0. The van der Waals surface area contributed by atoms with Crippen LogP contribution in [-0.2, 0) is 6.54 Å². The summed E-state index contributed by atoms with van der Waals surface area (Å²) in [7, 11) is 0. The number of para-hydroxylation sites is 1. The second-order valence-corrected chi connectivity index (χ2v) is 6.80. The fraction of sp³-hybridized carbons (Fsp3) is 0.125. The summed E-state index contributed by atoms with van der Waals surface area (Å²) in [5, 5.41) is 3.90. The van der Waals surface area contributed by atoms with Crippen LogP contribution >= 0.6 is 0 Å². The smallest absolute Gasteiger partial charge is 0.287 e. The van der Waals surface area contributed by atoms with Gasteiger partial charge in [0, 0.05) is 17.5 Å². The van der Waals surface area contributed by atoms with E-state index in [1.54, 1.807) is 0 Å². The van der Waals surface area contributed by atoms with Crippen LogP contribution in [-0.4, -0.2) is 5.91 Å². The van der Waals surface area contributed by atoms with E-state index in [9.17, 15) is 4.79 Å². The Morgan fingerprint density at radius 3 is 2.39 bits per heavy atom. The summed E-state index contributed by atoms with van der Waals surface area (Å²) in [4.78, 5) is 12.6. The molecule has 1 aromatic heterocycles. The number of rotatable bonds is 5. The van der Waals surface area contributed by atoms with E-state index < -0.39 is 0 Å². The number of amides is 1. The first-order valence-electron chi connectivity index (χ1n) is 9.20. The van der Waals surface area contributed by atoms with Crippen molar-refractivity contribution in [3.05, 3.63) is 95.2 Å². The summed E-state index contributed by atoms with van der Waals surface area (Å²) in [6, 6.07) is 23.2. The van der Waals surface area contributed by atoms with E-state index >= 15 is 0 Å². The fourth-order valence-corrected chi connectivity index (χ4v) is 3.11. The van der Waals surface area contributed by atoms with Gasteiger partial charge in [-0.15, -0.1) is 0 Å². The first-order chi connectivity index (χ1) is 13.6. The molecule has 3 aromatic carbocycles. The molecule has 0 fully saturated rings. The Kier molecular flexibility index (Phi) is 4.85. The minimum Gasteiger partial charge on any atom is -0.457 e. The van der Waals surface area contributed by atoms with Gasteiger partial charge in [0.25, 0.3) is 5.91 Å². The number of hydrogen-bond donors (Lipinski definition) is 1. The Bertz CT molecular complexity index is 1110. The normalized spacial score (nSPS) is 10.8. The highest BCUT2D eigenvalue weighted by Crippen LogP contribution is 2.26. The van der Waals surface area contributed by atoms with Crippen molar-refractivity contribution in [2.24, 2.45) is 0 Å². The first-order valence-corrected chi connectivity index (χ1v) is 9.20. The molecule has 140 valence electrons. The molecule has 1 heterocycles.